The van der Waals surface area contributed by atoms with Crippen LogP contribution in [0.5, 0.6) is 0 Å². The number of aromatic nitrogens is 2. The molecule has 1 fully saturated rings. The van der Waals surface area contributed by atoms with Crippen LogP contribution in [0.1, 0.15) is 31.3 Å². The van der Waals surface area contributed by atoms with Gasteiger partial charge in [0.15, 0.2) is 0 Å². The zero-order valence-corrected chi connectivity index (χ0v) is 15.6. The molecule has 3 rings (SSSR count). The van der Waals surface area contributed by atoms with Gasteiger partial charge in [-0.1, -0.05) is 44.2 Å². The summed E-state index contributed by atoms with van der Waals surface area (Å²) in [5, 5.41) is 10.3. The lowest BCUT2D eigenvalue weighted by Gasteiger charge is -2.37. The van der Waals surface area contributed by atoms with Crippen molar-refractivity contribution in [3.8, 4) is 0 Å². The Kier molecular flexibility index (Phi) is 5.03. The third kappa shape index (κ3) is 4.34. The first-order valence-electron chi connectivity index (χ1n) is 8.44. The number of piperazine rings is 1. The Morgan fingerprint density at radius 3 is 2.36 bits per heavy atom. The van der Waals surface area contributed by atoms with Crippen LogP contribution < -0.4 is 4.90 Å². The van der Waals surface area contributed by atoms with Crippen LogP contribution in [0.25, 0.3) is 0 Å². The number of carbonyl (C=O) groups is 1. The van der Waals surface area contributed by atoms with Crippen molar-refractivity contribution in [1.29, 1.82) is 0 Å². The normalized spacial score (nSPS) is 15.5. The van der Waals surface area contributed by atoms with Crippen LogP contribution >= 0.6 is 11.3 Å². The number of hydrogen-bond donors (Lipinski definition) is 0. The predicted octanol–water partition coefficient (Wildman–Crippen LogP) is 2.96. The van der Waals surface area contributed by atoms with Crippen molar-refractivity contribution in [3.05, 3.63) is 40.7 Å². The minimum absolute atomic E-state index is 0.196. The molecule has 134 valence electrons. The van der Waals surface area contributed by atoms with Crippen LogP contribution in [0.2, 0.25) is 0 Å². The van der Waals surface area contributed by atoms with Crippen molar-refractivity contribution in [2.24, 2.45) is 5.41 Å². The summed E-state index contributed by atoms with van der Waals surface area (Å²) in [5.41, 5.74) is 0.678. The van der Waals surface area contributed by atoms with E-state index in [1.54, 1.807) is 23.5 Å². The Morgan fingerprint density at radius 1 is 1.12 bits per heavy atom. The molecule has 7 heteroatoms. The van der Waals surface area contributed by atoms with Crippen LogP contribution in [-0.2, 0) is 11.2 Å². The number of rotatable bonds is 3. The topological polar surface area (TPSA) is 49.3 Å². The molecule has 0 unspecified atom stereocenters. The number of amides is 1. The molecular weight excluding hydrogens is 339 g/mol. The maximum atomic E-state index is 13.0. The molecule has 0 saturated carbocycles. The van der Waals surface area contributed by atoms with Crippen molar-refractivity contribution in [1.82, 2.24) is 15.1 Å². The summed E-state index contributed by atoms with van der Waals surface area (Å²) in [4.78, 5) is 16.5. The Morgan fingerprint density at radius 2 is 1.76 bits per heavy atom. The van der Waals surface area contributed by atoms with Crippen LogP contribution in [0.15, 0.2) is 24.3 Å². The summed E-state index contributed by atoms with van der Waals surface area (Å²) in [6, 6.07) is 6.46. The summed E-state index contributed by atoms with van der Waals surface area (Å²) in [6.07, 6.45) is 0.653. The van der Waals surface area contributed by atoms with Crippen molar-refractivity contribution >= 4 is 22.4 Å². The maximum Gasteiger partial charge on any atom is 0.228 e. The lowest BCUT2D eigenvalue weighted by Crippen LogP contribution is -2.51. The molecule has 1 aliphatic rings. The van der Waals surface area contributed by atoms with Gasteiger partial charge in [0.05, 0.1) is 0 Å². The van der Waals surface area contributed by atoms with Crippen molar-refractivity contribution in [2.75, 3.05) is 31.1 Å². The summed E-state index contributed by atoms with van der Waals surface area (Å²) in [6.45, 7) is 8.82. The molecule has 25 heavy (non-hydrogen) atoms. The molecule has 1 amide bonds. The van der Waals surface area contributed by atoms with Gasteiger partial charge >= 0.3 is 0 Å². The molecular formula is C18H23FN4OS. The van der Waals surface area contributed by atoms with Gasteiger partial charge in [-0.3, -0.25) is 4.79 Å². The number of benzene rings is 1. The van der Waals surface area contributed by atoms with Crippen molar-refractivity contribution in [3.63, 3.8) is 0 Å². The molecule has 0 aliphatic carbocycles. The molecule has 1 aromatic carbocycles. The standard InChI is InChI=1S/C18H23FN4OS/c1-18(2,3)16(24)22-8-10-23(11-9-22)17-21-20-15(25-17)12-13-4-6-14(19)7-5-13/h4-7H,8-12H2,1-3H3. The zero-order chi connectivity index (χ0) is 18.0. The fourth-order valence-corrected chi connectivity index (χ4v) is 3.72. The fourth-order valence-electron chi connectivity index (χ4n) is 2.80. The Hall–Kier alpha value is -2.02. The number of hydrogen-bond acceptors (Lipinski definition) is 5. The molecule has 1 aliphatic heterocycles. The lowest BCUT2D eigenvalue weighted by atomic mass is 9.94. The van der Waals surface area contributed by atoms with E-state index >= 15 is 0 Å². The van der Waals surface area contributed by atoms with Gasteiger partial charge in [0, 0.05) is 38.0 Å². The smallest absolute Gasteiger partial charge is 0.228 e. The minimum atomic E-state index is -0.340. The molecule has 0 radical (unpaired) electrons. The summed E-state index contributed by atoms with van der Waals surface area (Å²) in [7, 11) is 0. The highest BCUT2D eigenvalue weighted by Crippen LogP contribution is 2.25. The Labute approximate surface area is 151 Å². The number of anilines is 1. The third-order valence-corrected chi connectivity index (χ3v) is 5.19. The van der Waals surface area contributed by atoms with E-state index < -0.39 is 0 Å². The minimum Gasteiger partial charge on any atom is -0.343 e. The lowest BCUT2D eigenvalue weighted by molar-refractivity contribution is -0.139. The molecule has 0 spiro atoms. The summed E-state index contributed by atoms with van der Waals surface area (Å²) >= 11 is 1.56. The van der Waals surface area contributed by atoms with Crippen molar-refractivity contribution in [2.45, 2.75) is 27.2 Å². The highest BCUT2D eigenvalue weighted by molar-refractivity contribution is 7.15. The molecule has 0 bridgehead atoms. The summed E-state index contributed by atoms with van der Waals surface area (Å²) in [5.74, 6) is -0.0363. The maximum absolute atomic E-state index is 13.0. The van der Waals surface area contributed by atoms with Gasteiger partial charge in [-0.25, -0.2) is 4.39 Å². The average Bonchev–Trinajstić information content (AvgIpc) is 3.04. The van der Waals surface area contributed by atoms with E-state index in [1.807, 2.05) is 25.7 Å². The Bertz CT molecular complexity index is 730. The molecule has 2 aromatic rings. The highest BCUT2D eigenvalue weighted by Gasteiger charge is 2.30. The highest BCUT2D eigenvalue weighted by atomic mass is 32.1. The fraction of sp³-hybridized carbons (Fsp3) is 0.500. The number of halogens is 1. The van der Waals surface area contributed by atoms with E-state index in [1.165, 1.54) is 12.1 Å². The molecule has 1 aromatic heterocycles. The van der Waals surface area contributed by atoms with Gasteiger partial charge in [-0.05, 0) is 17.7 Å². The SMILES string of the molecule is CC(C)(C)C(=O)N1CCN(c2nnc(Cc3ccc(F)cc3)s2)CC1. The number of nitrogens with zero attached hydrogens (tertiary/aromatic N) is 4. The van der Waals surface area contributed by atoms with Gasteiger partial charge in [-0.15, -0.1) is 10.2 Å². The van der Waals surface area contributed by atoms with Crippen LogP contribution in [0.4, 0.5) is 9.52 Å². The second kappa shape index (κ2) is 7.07. The van der Waals surface area contributed by atoms with Gasteiger partial charge in [0.1, 0.15) is 10.8 Å². The first kappa shape index (κ1) is 17.8. The molecule has 0 N–H and O–H groups in total. The van der Waals surface area contributed by atoms with E-state index in [4.69, 9.17) is 0 Å². The second-order valence-electron chi connectivity index (χ2n) is 7.31. The van der Waals surface area contributed by atoms with Crippen LogP contribution in [-0.4, -0.2) is 47.2 Å². The van der Waals surface area contributed by atoms with E-state index in [2.05, 4.69) is 15.1 Å². The molecule has 1 saturated heterocycles. The Balaban J connectivity index is 1.58. The molecule has 2 heterocycles. The largest absolute Gasteiger partial charge is 0.343 e. The summed E-state index contributed by atoms with van der Waals surface area (Å²) < 4.78 is 13.0. The van der Waals surface area contributed by atoms with Gasteiger partial charge in [0.2, 0.25) is 11.0 Å². The quantitative estimate of drug-likeness (QED) is 0.842. The van der Waals surface area contributed by atoms with E-state index in [9.17, 15) is 9.18 Å². The molecule has 0 atom stereocenters. The van der Waals surface area contributed by atoms with E-state index in [0.29, 0.717) is 19.5 Å². The van der Waals surface area contributed by atoms with Crippen LogP contribution in [0.3, 0.4) is 0 Å². The number of carbonyl (C=O) groups excluding carboxylic acids is 1. The van der Waals surface area contributed by atoms with Gasteiger partial charge in [-0.2, -0.15) is 0 Å². The molecule has 5 nitrogen and oxygen atoms in total. The van der Waals surface area contributed by atoms with Gasteiger partial charge < -0.3 is 9.80 Å². The first-order chi connectivity index (χ1) is 11.8. The van der Waals surface area contributed by atoms with E-state index in [0.717, 1.165) is 28.8 Å². The van der Waals surface area contributed by atoms with Crippen molar-refractivity contribution < 1.29 is 9.18 Å². The predicted molar refractivity (Wildman–Crippen MR) is 97.4 cm³/mol. The monoisotopic (exact) mass is 362 g/mol. The third-order valence-electron chi connectivity index (χ3n) is 4.20. The van der Waals surface area contributed by atoms with E-state index in [-0.39, 0.29) is 17.1 Å². The first-order valence-corrected chi connectivity index (χ1v) is 9.26. The average molecular weight is 362 g/mol. The van der Waals surface area contributed by atoms with Gasteiger partial charge in [0.25, 0.3) is 0 Å². The second-order valence-corrected chi connectivity index (χ2v) is 8.35. The van der Waals surface area contributed by atoms with Crippen LogP contribution in [0, 0.1) is 11.2 Å². The zero-order valence-electron chi connectivity index (χ0n) is 14.8.